The summed E-state index contributed by atoms with van der Waals surface area (Å²) < 4.78 is 6.46. The summed E-state index contributed by atoms with van der Waals surface area (Å²) in [5.74, 6) is 0. The number of fused-ring (bicyclic) bond motifs is 4. The van der Waals surface area contributed by atoms with Gasteiger partial charge in [-0.1, -0.05) is 176 Å². The lowest BCUT2D eigenvalue weighted by molar-refractivity contribution is 0.669. The summed E-state index contributed by atoms with van der Waals surface area (Å²) >= 11 is 0. The van der Waals surface area contributed by atoms with Crippen LogP contribution in [0.1, 0.15) is 6.42 Å². The van der Waals surface area contributed by atoms with Crippen molar-refractivity contribution in [2.75, 3.05) is 9.80 Å². The standard InChI is InChI=1S/C58H42N2O/c1-4-17-45(18-5-1)58-51-24-11-10-16-43(51)34-39-55(58)60(49-37-38-53-52-25-13-15-27-56(52)61-57(53)40-49)48-35-32-42(33-36-48)41-28-30-44(31-29-41)50-23-12-14-26-54(50)59(46-19-6-2-7-20-46)47-21-8-3-9-22-47/h1-21,23-40,47H,22H2. The van der Waals surface area contributed by atoms with Gasteiger partial charge in [0.05, 0.1) is 11.7 Å². The zero-order chi connectivity index (χ0) is 40.5. The van der Waals surface area contributed by atoms with E-state index in [0.29, 0.717) is 0 Å². The van der Waals surface area contributed by atoms with Crippen molar-refractivity contribution in [2.24, 2.45) is 0 Å². The van der Waals surface area contributed by atoms with Crippen molar-refractivity contribution in [2.45, 2.75) is 12.5 Å². The zero-order valence-corrected chi connectivity index (χ0v) is 33.6. The summed E-state index contributed by atoms with van der Waals surface area (Å²) in [7, 11) is 0. The molecule has 290 valence electrons. The van der Waals surface area contributed by atoms with E-state index in [9.17, 15) is 0 Å². The van der Waals surface area contributed by atoms with E-state index >= 15 is 0 Å². The van der Waals surface area contributed by atoms with E-state index in [1.807, 2.05) is 12.1 Å². The van der Waals surface area contributed by atoms with Gasteiger partial charge in [-0.05, 0) is 94.0 Å². The molecule has 1 unspecified atom stereocenters. The van der Waals surface area contributed by atoms with Gasteiger partial charge in [-0.2, -0.15) is 0 Å². The monoisotopic (exact) mass is 782 g/mol. The van der Waals surface area contributed by atoms with E-state index < -0.39 is 0 Å². The predicted octanol–water partition coefficient (Wildman–Crippen LogP) is 16.2. The minimum absolute atomic E-state index is 0.227. The molecule has 1 aliphatic carbocycles. The van der Waals surface area contributed by atoms with E-state index in [-0.39, 0.29) is 6.04 Å². The van der Waals surface area contributed by atoms with Crippen molar-refractivity contribution in [1.29, 1.82) is 0 Å². The van der Waals surface area contributed by atoms with Gasteiger partial charge in [0, 0.05) is 50.7 Å². The minimum Gasteiger partial charge on any atom is -0.456 e. The van der Waals surface area contributed by atoms with Crippen LogP contribution in [0.2, 0.25) is 0 Å². The molecule has 0 saturated carbocycles. The van der Waals surface area contributed by atoms with Gasteiger partial charge >= 0.3 is 0 Å². The second-order valence-corrected chi connectivity index (χ2v) is 15.6. The Bertz CT molecular complexity index is 3220. The Kier molecular flexibility index (Phi) is 9.33. The van der Waals surface area contributed by atoms with Gasteiger partial charge in [-0.15, -0.1) is 0 Å². The Balaban J connectivity index is 0.989. The number of furan rings is 1. The first kappa shape index (κ1) is 36.2. The number of allylic oxidation sites excluding steroid dienone is 2. The number of benzene rings is 9. The SMILES string of the molecule is C1=CCC(N(c2ccccc2)c2ccccc2-c2ccc(-c3ccc(N(c4ccc5c(c4)oc4ccccc45)c4ccc5ccccc5c4-c4ccccc4)cc3)cc2)C=C1. The molecule has 3 nitrogen and oxygen atoms in total. The van der Waals surface area contributed by atoms with Gasteiger partial charge in [0.15, 0.2) is 0 Å². The van der Waals surface area contributed by atoms with Crippen molar-refractivity contribution in [1.82, 2.24) is 0 Å². The third kappa shape index (κ3) is 6.76. The van der Waals surface area contributed by atoms with Crippen molar-refractivity contribution in [3.8, 4) is 33.4 Å². The van der Waals surface area contributed by atoms with Gasteiger partial charge in [-0.3, -0.25) is 0 Å². The molecule has 10 aromatic rings. The van der Waals surface area contributed by atoms with Crippen LogP contribution in [-0.2, 0) is 0 Å². The second kappa shape index (κ2) is 15.7. The number of hydrogen-bond acceptors (Lipinski definition) is 3. The fraction of sp³-hybridized carbons (Fsp3) is 0.0345. The van der Waals surface area contributed by atoms with Gasteiger partial charge in [0.1, 0.15) is 11.2 Å². The molecule has 1 atom stereocenters. The van der Waals surface area contributed by atoms with Crippen molar-refractivity contribution in [3.05, 3.63) is 237 Å². The number of rotatable bonds is 9. The van der Waals surface area contributed by atoms with E-state index in [1.165, 1.54) is 50.0 Å². The molecule has 0 N–H and O–H groups in total. The molecular formula is C58H42N2O. The first-order valence-electron chi connectivity index (χ1n) is 21.0. The highest BCUT2D eigenvalue weighted by molar-refractivity contribution is 6.08. The van der Waals surface area contributed by atoms with E-state index in [2.05, 4.69) is 234 Å². The Morgan fingerprint density at radius 3 is 1.84 bits per heavy atom. The molecule has 1 aromatic heterocycles. The molecule has 1 aliphatic rings. The molecular weight excluding hydrogens is 741 g/mol. The topological polar surface area (TPSA) is 19.6 Å². The summed E-state index contributed by atoms with van der Waals surface area (Å²) in [5.41, 5.74) is 14.4. The fourth-order valence-corrected chi connectivity index (χ4v) is 9.07. The first-order chi connectivity index (χ1) is 30.3. The molecule has 11 rings (SSSR count). The van der Waals surface area contributed by atoms with Crippen LogP contribution in [-0.4, -0.2) is 6.04 Å². The van der Waals surface area contributed by atoms with Crippen LogP contribution in [0.3, 0.4) is 0 Å². The van der Waals surface area contributed by atoms with E-state index in [1.54, 1.807) is 0 Å². The summed E-state index contributed by atoms with van der Waals surface area (Å²) in [4.78, 5) is 4.85. The van der Waals surface area contributed by atoms with Crippen molar-refractivity contribution in [3.63, 3.8) is 0 Å². The summed E-state index contributed by atoms with van der Waals surface area (Å²) in [6, 6.07) is 76.5. The van der Waals surface area contributed by atoms with E-state index in [4.69, 9.17) is 4.42 Å². The molecule has 0 radical (unpaired) electrons. The molecule has 3 heteroatoms. The number of para-hydroxylation sites is 3. The van der Waals surface area contributed by atoms with Gasteiger partial charge in [0.25, 0.3) is 0 Å². The van der Waals surface area contributed by atoms with Crippen molar-refractivity contribution >= 4 is 61.1 Å². The third-order valence-corrected chi connectivity index (χ3v) is 12.0. The predicted molar refractivity (Wildman–Crippen MR) is 257 cm³/mol. The van der Waals surface area contributed by atoms with Crippen LogP contribution >= 0.6 is 0 Å². The minimum atomic E-state index is 0.227. The van der Waals surface area contributed by atoms with Crippen LogP contribution in [0.25, 0.3) is 66.1 Å². The highest BCUT2D eigenvalue weighted by Crippen LogP contribution is 2.46. The smallest absolute Gasteiger partial charge is 0.137 e. The molecule has 0 amide bonds. The largest absolute Gasteiger partial charge is 0.456 e. The Hall–Kier alpha value is -7.88. The third-order valence-electron chi connectivity index (χ3n) is 12.0. The molecule has 9 aromatic carbocycles. The second-order valence-electron chi connectivity index (χ2n) is 15.6. The van der Waals surface area contributed by atoms with Crippen LogP contribution in [0, 0.1) is 0 Å². The Morgan fingerprint density at radius 2 is 1.05 bits per heavy atom. The molecule has 0 aliphatic heterocycles. The summed E-state index contributed by atoms with van der Waals surface area (Å²) in [6.07, 6.45) is 9.81. The Labute approximate surface area is 356 Å². The normalized spacial score (nSPS) is 13.5. The van der Waals surface area contributed by atoms with Gasteiger partial charge in [0.2, 0.25) is 0 Å². The summed E-state index contributed by atoms with van der Waals surface area (Å²) in [5, 5.41) is 4.64. The molecule has 0 bridgehead atoms. The lowest BCUT2D eigenvalue weighted by Crippen LogP contribution is -2.30. The van der Waals surface area contributed by atoms with Crippen LogP contribution in [0.5, 0.6) is 0 Å². The van der Waals surface area contributed by atoms with E-state index in [0.717, 1.165) is 51.0 Å². The van der Waals surface area contributed by atoms with Crippen LogP contribution in [0.4, 0.5) is 28.4 Å². The number of anilines is 5. The highest BCUT2D eigenvalue weighted by atomic mass is 16.3. The summed E-state index contributed by atoms with van der Waals surface area (Å²) in [6.45, 7) is 0. The molecule has 0 saturated heterocycles. The number of nitrogens with zero attached hydrogens (tertiary/aromatic N) is 2. The zero-order valence-electron chi connectivity index (χ0n) is 33.6. The lowest BCUT2D eigenvalue weighted by atomic mass is 9.94. The maximum atomic E-state index is 6.46. The lowest BCUT2D eigenvalue weighted by Gasteiger charge is -2.34. The molecule has 0 spiro atoms. The van der Waals surface area contributed by atoms with Gasteiger partial charge < -0.3 is 14.2 Å². The molecule has 0 fully saturated rings. The Morgan fingerprint density at radius 1 is 0.410 bits per heavy atom. The maximum Gasteiger partial charge on any atom is 0.137 e. The molecule has 61 heavy (non-hydrogen) atoms. The first-order valence-corrected chi connectivity index (χ1v) is 21.0. The van der Waals surface area contributed by atoms with Crippen molar-refractivity contribution < 1.29 is 4.42 Å². The fourth-order valence-electron chi connectivity index (χ4n) is 9.07. The van der Waals surface area contributed by atoms with Crippen LogP contribution in [0.15, 0.2) is 241 Å². The quantitative estimate of drug-likeness (QED) is 0.145. The maximum absolute atomic E-state index is 6.46. The average molecular weight is 783 g/mol. The molecule has 1 heterocycles. The number of hydrogen-bond donors (Lipinski definition) is 0. The van der Waals surface area contributed by atoms with Crippen LogP contribution < -0.4 is 9.80 Å². The van der Waals surface area contributed by atoms with Gasteiger partial charge in [-0.25, -0.2) is 0 Å². The average Bonchev–Trinajstić information content (AvgIpc) is 3.71. The highest BCUT2D eigenvalue weighted by Gasteiger charge is 2.23.